The lowest BCUT2D eigenvalue weighted by atomic mass is 10.1. The first-order valence-corrected chi connectivity index (χ1v) is 9.65. The molecule has 27 heavy (non-hydrogen) atoms. The average molecular weight is 478 g/mol. The Balaban J connectivity index is 1.64. The van der Waals surface area contributed by atoms with Crippen molar-refractivity contribution in [2.45, 2.75) is 6.92 Å². The van der Waals surface area contributed by atoms with E-state index in [2.05, 4.69) is 22.6 Å². The third kappa shape index (κ3) is 4.65. The molecule has 0 bridgehead atoms. The number of rotatable bonds is 3. The van der Waals surface area contributed by atoms with Crippen molar-refractivity contribution in [3.63, 3.8) is 0 Å². The van der Waals surface area contributed by atoms with Crippen LogP contribution in [-0.2, 0) is 4.79 Å². The zero-order chi connectivity index (χ0) is 19.4. The number of carbonyl (C=O) groups is 3. The molecular weight excluding hydrogens is 459 g/mol. The molecule has 1 heterocycles. The largest absolute Gasteiger partial charge is 0.427 e. The number of hydrogen-bond acceptors (Lipinski definition) is 4. The van der Waals surface area contributed by atoms with Crippen LogP contribution in [0.5, 0.6) is 5.75 Å². The van der Waals surface area contributed by atoms with Gasteiger partial charge in [0, 0.05) is 42.2 Å². The SMILES string of the molecule is CC(=O)Oc1cccc(C(=O)N2CCN(C(=O)c3ccccc3I)CC2)c1. The summed E-state index contributed by atoms with van der Waals surface area (Å²) in [7, 11) is 0. The lowest BCUT2D eigenvalue weighted by Crippen LogP contribution is -2.50. The Hall–Kier alpha value is -2.42. The number of piperazine rings is 1. The van der Waals surface area contributed by atoms with E-state index in [0.717, 1.165) is 3.57 Å². The maximum Gasteiger partial charge on any atom is 0.308 e. The fourth-order valence-electron chi connectivity index (χ4n) is 2.96. The summed E-state index contributed by atoms with van der Waals surface area (Å²) in [4.78, 5) is 40.0. The Bertz CT molecular complexity index is 876. The molecular formula is C20H19IN2O4. The van der Waals surface area contributed by atoms with Crippen molar-refractivity contribution in [2.75, 3.05) is 26.2 Å². The Kier molecular flexibility index (Phi) is 6.10. The third-order valence-electron chi connectivity index (χ3n) is 4.30. The lowest BCUT2D eigenvalue weighted by Gasteiger charge is -2.35. The summed E-state index contributed by atoms with van der Waals surface area (Å²) < 4.78 is 5.96. The summed E-state index contributed by atoms with van der Waals surface area (Å²) in [6.45, 7) is 3.22. The first-order chi connectivity index (χ1) is 13.0. The molecule has 1 saturated heterocycles. The van der Waals surface area contributed by atoms with Crippen molar-refractivity contribution in [3.05, 3.63) is 63.2 Å². The maximum absolute atomic E-state index is 12.7. The van der Waals surface area contributed by atoms with E-state index < -0.39 is 5.97 Å². The van der Waals surface area contributed by atoms with Gasteiger partial charge in [0.2, 0.25) is 0 Å². The van der Waals surface area contributed by atoms with Gasteiger partial charge in [-0.1, -0.05) is 18.2 Å². The Morgan fingerprint density at radius 2 is 1.52 bits per heavy atom. The van der Waals surface area contributed by atoms with E-state index in [9.17, 15) is 14.4 Å². The van der Waals surface area contributed by atoms with E-state index in [1.807, 2.05) is 24.3 Å². The second-order valence-electron chi connectivity index (χ2n) is 6.19. The molecule has 2 aromatic rings. The standard InChI is InChI=1S/C20H19IN2O4/c1-14(24)27-16-6-4-5-15(13-16)19(25)22-9-11-23(12-10-22)20(26)17-7-2-3-8-18(17)21/h2-8,13H,9-12H2,1H3. The maximum atomic E-state index is 12.7. The van der Waals surface area contributed by atoms with Crippen molar-refractivity contribution in [3.8, 4) is 5.75 Å². The molecule has 0 spiro atoms. The van der Waals surface area contributed by atoms with Crippen LogP contribution in [0.2, 0.25) is 0 Å². The smallest absolute Gasteiger partial charge is 0.308 e. The number of amides is 2. The minimum atomic E-state index is -0.428. The number of halogens is 1. The van der Waals surface area contributed by atoms with Gasteiger partial charge >= 0.3 is 5.97 Å². The predicted molar refractivity (Wildman–Crippen MR) is 109 cm³/mol. The molecule has 0 aromatic heterocycles. The Labute approximate surface area is 171 Å². The highest BCUT2D eigenvalue weighted by molar-refractivity contribution is 14.1. The highest BCUT2D eigenvalue weighted by Gasteiger charge is 2.26. The third-order valence-corrected chi connectivity index (χ3v) is 5.24. The molecule has 0 unspecified atom stereocenters. The molecule has 7 heteroatoms. The van der Waals surface area contributed by atoms with Crippen LogP contribution >= 0.6 is 22.6 Å². The van der Waals surface area contributed by atoms with Gasteiger partial charge < -0.3 is 14.5 Å². The highest BCUT2D eigenvalue weighted by atomic mass is 127. The van der Waals surface area contributed by atoms with Gasteiger partial charge in [-0.15, -0.1) is 0 Å². The molecule has 0 aliphatic carbocycles. The molecule has 1 aliphatic heterocycles. The fourth-order valence-corrected chi connectivity index (χ4v) is 3.58. The van der Waals surface area contributed by atoms with E-state index in [1.165, 1.54) is 6.92 Å². The molecule has 0 N–H and O–H groups in total. The van der Waals surface area contributed by atoms with Crippen LogP contribution in [0, 0.1) is 3.57 Å². The number of ether oxygens (including phenoxy) is 1. The van der Waals surface area contributed by atoms with Crippen LogP contribution in [0.1, 0.15) is 27.6 Å². The normalized spacial score (nSPS) is 14.0. The predicted octanol–water partition coefficient (Wildman–Crippen LogP) is 2.81. The first-order valence-electron chi connectivity index (χ1n) is 8.57. The molecule has 3 rings (SSSR count). The van der Waals surface area contributed by atoms with Gasteiger partial charge in [0.1, 0.15) is 5.75 Å². The lowest BCUT2D eigenvalue weighted by molar-refractivity contribution is -0.131. The molecule has 2 amide bonds. The van der Waals surface area contributed by atoms with Crippen molar-refractivity contribution in [1.29, 1.82) is 0 Å². The quantitative estimate of drug-likeness (QED) is 0.387. The van der Waals surface area contributed by atoms with Crippen molar-refractivity contribution >= 4 is 40.4 Å². The van der Waals surface area contributed by atoms with Crippen LogP contribution in [0.4, 0.5) is 0 Å². The van der Waals surface area contributed by atoms with Gasteiger partial charge in [-0.2, -0.15) is 0 Å². The van der Waals surface area contributed by atoms with Crippen molar-refractivity contribution < 1.29 is 19.1 Å². The molecule has 0 radical (unpaired) electrons. The Morgan fingerprint density at radius 1 is 0.889 bits per heavy atom. The number of hydrogen-bond donors (Lipinski definition) is 0. The summed E-state index contributed by atoms with van der Waals surface area (Å²) in [5.41, 5.74) is 1.15. The molecule has 1 fully saturated rings. The zero-order valence-corrected chi connectivity index (χ0v) is 17.0. The van der Waals surface area contributed by atoms with Gasteiger partial charge in [-0.05, 0) is 52.9 Å². The number of carbonyl (C=O) groups excluding carboxylic acids is 3. The number of nitrogens with zero attached hydrogens (tertiary/aromatic N) is 2. The summed E-state index contributed by atoms with van der Waals surface area (Å²) in [5.74, 6) is -0.225. The van der Waals surface area contributed by atoms with E-state index in [0.29, 0.717) is 43.1 Å². The average Bonchev–Trinajstić information content (AvgIpc) is 2.67. The topological polar surface area (TPSA) is 66.9 Å². The van der Waals surface area contributed by atoms with E-state index in [4.69, 9.17) is 4.74 Å². The summed E-state index contributed by atoms with van der Waals surface area (Å²) >= 11 is 2.16. The number of esters is 1. The number of benzene rings is 2. The van der Waals surface area contributed by atoms with Crippen LogP contribution in [0.15, 0.2) is 48.5 Å². The minimum absolute atomic E-state index is 0.0102. The van der Waals surface area contributed by atoms with Crippen LogP contribution in [0.25, 0.3) is 0 Å². The minimum Gasteiger partial charge on any atom is -0.427 e. The zero-order valence-electron chi connectivity index (χ0n) is 14.9. The van der Waals surface area contributed by atoms with Crippen LogP contribution in [0.3, 0.4) is 0 Å². The van der Waals surface area contributed by atoms with Gasteiger partial charge in [-0.3, -0.25) is 14.4 Å². The van der Waals surface area contributed by atoms with Crippen molar-refractivity contribution in [2.24, 2.45) is 0 Å². The molecule has 6 nitrogen and oxygen atoms in total. The Morgan fingerprint density at radius 3 is 2.15 bits per heavy atom. The molecule has 0 atom stereocenters. The van der Waals surface area contributed by atoms with Gasteiger partial charge in [0.25, 0.3) is 11.8 Å². The fraction of sp³-hybridized carbons (Fsp3) is 0.250. The molecule has 0 saturated carbocycles. The second-order valence-corrected chi connectivity index (χ2v) is 7.35. The van der Waals surface area contributed by atoms with Gasteiger partial charge in [-0.25, -0.2) is 0 Å². The highest BCUT2D eigenvalue weighted by Crippen LogP contribution is 2.18. The van der Waals surface area contributed by atoms with Crippen molar-refractivity contribution in [1.82, 2.24) is 9.80 Å². The molecule has 2 aromatic carbocycles. The van der Waals surface area contributed by atoms with Crippen LogP contribution < -0.4 is 4.74 Å². The summed E-state index contributed by atoms with van der Waals surface area (Å²) in [6, 6.07) is 14.1. The van der Waals surface area contributed by atoms with E-state index >= 15 is 0 Å². The summed E-state index contributed by atoms with van der Waals surface area (Å²) in [5, 5.41) is 0. The molecule has 140 valence electrons. The van der Waals surface area contributed by atoms with Gasteiger partial charge in [0.15, 0.2) is 0 Å². The van der Waals surface area contributed by atoms with E-state index in [-0.39, 0.29) is 11.8 Å². The van der Waals surface area contributed by atoms with Crippen LogP contribution in [-0.4, -0.2) is 53.8 Å². The second kappa shape index (κ2) is 8.51. The first kappa shape index (κ1) is 19.3. The molecule has 1 aliphatic rings. The van der Waals surface area contributed by atoms with E-state index in [1.54, 1.807) is 34.1 Å². The monoisotopic (exact) mass is 478 g/mol. The summed E-state index contributed by atoms with van der Waals surface area (Å²) in [6.07, 6.45) is 0. The van der Waals surface area contributed by atoms with Gasteiger partial charge in [0.05, 0.1) is 5.56 Å².